The van der Waals surface area contributed by atoms with E-state index >= 15 is 0 Å². The summed E-state index contributed by atoms with van der Waals surface area (Å²) in [7, 11) is 0. The van der Waals surface area contributed by atoms with Gasteiger partial charge in [0.05, 0.1) is 13.2 Å². The van der Waals surface area contributed by atoms with Crippen LogP contribution in [0.5, 0.6) is 5.75 Å². The fraction of sp³-hybridized carbons (Fsp3) is 0.350. The molecule has 8 nitrogen and oxygen atoms in total. The average molecular weight is 420 g/mol. The molecule has 2 heterocycles. The molecule has 1 unspecified atom stereocenters. The number of ether oxygens (including phenoxy) is 3. The molecule has 1 aliphatic rings. The van der Waals surface area contributed by atoms with E-state index in [2.05, 4.69) is 10.3 Å². The number of aromatic nitrogens is 1. The first-order valence-corrected chi connectivity index (χ1v) is 9.57. The topological polar surface area (TPSA) is 90.0 Å². The molecule has 0 bridgehead atoms. The maximum Gasteiger partial charge on any atom is 0.412 e. The molecule has 1 aromatic carbocycles. The van der Waals surface area contributed by atoms with Crippen LogP contribution in [0.15, 0.2) is 48.7 Å². The standard InChI is InChI=1S/C20H22ClN3O5/c1-14(29-20(26)23-15-6-3-2-4-7-15)19(25)24-10-11-27-16(12-24)13-28-17-8-5-9-22-18(17)21/h2-9,14,16H,10-13H2,1H3,(H,23,26)/t14-,16?/m1/s1. The van der Waals surface area contributed by atoms with Crippen LogP contribution in [0.4, 0.5) is 10.5 Å². The van der Waals surface area contributed by atoms with Gasteiger partial charge < -0.3 is 19.1 Å². The molecule has 1 saturated heterocycles. The van der Waals surface area contributed by atoms with Crippen LogP contribution in [0.25, 0.3) is 0 Å². The molecule has 29 heavy (non-hydrogen) atoms. The zero-order chi connectivity index (χ0) is 20.6. The largest absolute Gasteiger partial charge is 0.488 e. The third kappa shape index (κ3) is 6.07. The number of halogens is 1. The van der Waals surface area contributed by atoms with Gasteiger partial charge in [0.15, 0.2) is 17.0 Å². The second-order valence-corrected chi connectivity index (χ2v) is 6.78. The van der Waals surface area contributed by atoms with Gasteiger partial charge in [0.2, 0.25) is 0 Å². The first kappa shape index (κ1) is 20.9. The minimum atomic E-state index is -0.925. The molecule has 3 rings (SSSR count). The number of anilines is 1. The average Bonchev–Trinajstić information content (AvgIpc) is 2.73. The lowest BCUT2D eigenvalue weighted by Crippen LogP contribution is -2.51. The highest BCUT2D eigenvalue weighted by Gasteiger charge is 2.29. The zero-order valence-corrected chi connectivity index (χ0v) is 16.7. The molecular formula is C20H22ClN3O5. The van der Waals surface area contributed by atoms with Crippen molar-refractivity contribution < 1.29 is 23.8 Å². The summed E-state index contributed by atoms with van der Waals surface area (Å²) >= 11 is 5.97. The van der Waals surface area contributed by atoms with Gasteiger partial charge in [-0.25, -0.2) is 9.78 Å². The zero-order valence-electron chi connectivity index (χ0n) is 15.9. The van der Waals surface area contributed by atoms with Crippen molar-refractivity contribution in [1.29, 1.82) is 0 Å². The lowest BCUT2D eigenvalue weighted by atomic mass is 10.2. The van der Waals surface area contributed by atoms with Crippen LogP contribution in [-0.4, -0.2) is 60.4 Å². The molecule has 2 amide bonds. The summed E-state index contributed by atoms with van der Waals surface area (Å²) in [4.78, 5) is 30.2. The number of amides is 2. The van der Waals surface area contributed by atoms with Gasteiger partial charge in [-0.1, -0.05) is 29.8 Å². The molecule has 0 saturated carbocycles. The number of carbonyl (C=O) groups excluding carboxylic acids is 2. The minimum absolute atomic E-state index is 0.221. The molecule has 2 aromatic rings. The Bertz CT molecular complexity index is 836. The number of para-hydroxylation sites is 1. The van der Waals surface area contributed by atoms with Crippen LogP contribution in [0, 0.1) is 0 Å². The maximum absolute atomic E-state index is 12.7. The van der Waals surface area contributed by atoms with Crippen molar-refractivity contribution in [3.05, 3.63) is 53.8 Å². The number of morpholine rings is 1. The fourth-order valence-corrected chi connectivity index (χ4v) is 2.99. The van der Waals surface area contributed by atoms with E-state index in [4.69, 9.17) is 25.8 Å². The van der Waals surface area contributed by atoms with Crippen LogP contribution in [0.2, 0.25) is 5.15 Å². The molecule has 1 aromatic heterocycles. The number of rotatable bonds is 6. The molecule has 154 valence electrons. The Morgan fingerprint density at radius 1 is 1.31 bits per heavy atom. The van der Waals surface area contributed by atoms with E-state index in [9.17, 15) is 9.59 Å². The predicted molar refractivity (Wildman–Crippen MR) is 107 cm³/mol. The van der Waals surface area contributed by atoms with Crippen molar-refractivity contribution in [2.45, 2.75) is 19.1 Å². The van der Waals surface area contributed by atoms with Gasteiger partial charge in [-0.2, -0.15) is 0 Å². The summed E-state index contributed by atoms with van der Waals surface area (Å²) in [6.07, 6.45) is -0.362. The SMILES string of the molecule is C[C@@H](OC(=O)Nc1ccccc1)C(=O)N1CCOC(COc2cccnc2Cl)C1. The van der Waals surface area contributed by atoms with Crippen molar-refractivity contribution in [2.75, 3.05) is 31.6 Å². The number of nitrogens with one attached hydrogen (secondary N) is 1. The normalized spacial score (nSPS) is 17.3. The molecule has 2 atom stereocenters. The van der Waals surface area contributed by atoms with Crippen LogP contribution in [-0.2, 0) is 14.3 Å². The number of benzene rings is 1. The van der Waals surface area contributed by atoms with E-state index in [-0.39, 0.29) is 23.8 Å². The summed E-state index contributed by atoms with van der Waals surface area (Å²) in [5, 5.41) is 2.85. The monoisotopic (exact) mass is 419 g/mol. The van der Waals surface area contributed by atoms with Gasteiger partial charge >= 0.3 is 6.09 Å². The summed E-state index contributed by atoms with van der Waals surface area (Å²) in [6, 6.07) is 12.3. The van der Waals surface area contributed by atoms with Crippen LogP contribution in [0.3, 0.4) is 0 Å². The Hall–Kier alpha value is -2.84. The van der Waals surface area contributed by atoms with Gasteiger partial charge in [0.1, 0.15) is 12.7 Å². The van der Waals surface area contributed by atoms with Gasteiger partial charge in [-0.3, -0.25) is 10.1 Å². The lowest BCUT2D eigenvalue weighted by molar-refractivity contribution is -0.147. The van der Waals surface area contributed by atoms with Crippen molar-refractivity contribution in [2.24, 2.45) is 0 Å². The molecule has 1 N–H and O–H groups in total. The smallest absolute Gasteiger partial charge is 0.412 e. The van der Waals surface area contributed by atoms with E-state index in [0.717, 1.165) is 0 Å². The number of carbonyl (C=O) groups is 2. The first-order chi connectivity index (χ1) is 14.0. The van der Waals surface area contributed by atoms with Crippen LogP contribution < -0.4 is 10.1 Å². The lowest BCUT2D eigenvalue weighted by Gasteiger charge is -2.34. The number of hydrogen-bond donors (Lipinski definition) is 1. The molecule has 1 fully saturated rings. The quantitative estimate of drug-likeness (QED) is 0.724. The van der Waals surface area contributed by atoms with E-state index < -0.39 is 12.2 Å². The molecule has 0 spiro atoms. The summed E-state index contributed by atoms with van der Waals surface area (Å²) in [5.74, 6) is 0.163. The summed E-state index contributed by atoms with van der Waals surface area (Å²) in [5.41, 5.74) is 0.592. The van der Waals surface area contributed by atoms with Gasteiger partial charge in [0.25, 0.3) is 5.91 Å². The minimum Gasteiger partial charge on any atom is -0.488 e. The summed E-state index contributed by atoms with van der Waals surface area (Å²) < 4.78 is 16.5. The first-order valence-electron chi connectivity index (χ1n) is 9.19. The third-order valence-corrected chi connectivity index (χ3v) is 4.54. The second kappa shape index (κ2) is 10.1. The van der Waals surface area contributed by atoms with E-state index in [1.165, 1.54) is 0 Å². The molecule has 1 aliphatic heterocycles. The highest BCUT2D eigenvalue weighted by Crippen LogP contribution is 2.21. The van der Waals surface area contributed by atoms with E-state index in [1.807, 2.05) is 6.07 Å². The molecular weight excluding hydrogens is 398 g/mol. The molecule has 9 heteroatoms. The fourth-order valence-electron chi connectivity index (χ4n) is 2.82. The van der Waals surface area contributed by atoms with Crippen molar-refractivity contribution in [3.63, 3.8) is 0 Å². The third-order valence-electron chi connectivity index (χ3n) is 4.25. The Kier molecular flexibility index (Phi) is 7.26. The van der Waals surface area contributed by atoms with E-state index in [0.29, 0.717) is 31.1 Å². The Morgan fingerprint density at radius 2 is 2.10 bits per heavy atom. The van der Waals surface area contributed by atoms with Crippen LogP contribution >= 0.6 is 11.6 Å². The Morgan fingerprint density at radius 3 is 2.86 bits per heavy atom. The highest BCUT2D eigenvalue weighted by molar-refractivity contribution is 6.30. The predicted octanol–water partition coefficient (Wildman–Crippen LogP) is 2.98. The van der Waals surface area contributed by atoms with E-state index in [1.54, 1.807) is 54.4 Å². The molecule has 0 radical (unpaired) electrons. The summed E-state index contributed by atoms with van der Waals surface area (Å²) in [6.45, 7) is 2.87. The Balaban J connectivity index is 1.48. The van der Waals surface area contributed by atoms with Gasteiger partial charge in [-0.05, 0) is 31.2 Å². The second-order valence-electron chi connectivity index (χ2n) is 6.42. The maximum atomic E-state index is 12.7. The number of nitrogens with zero attached hydrogens (tertiary/aromatic N) is 2. The van der Waals surface area contributed by atoms with Crippen LogP contribution in [0.1, 0.15) is 6.92 Å². The number of pyridine rings is 1. The van der Waals surface area contributed by atoms with Gasteiger partial charge in [-0.15, -0.1) is 0 Å². The number of hydrogen-bond acceptors (Lipinski definition) is 6. The Labute approximate surface area is 173 Å². The van der Waals surface area contributed by atoms with Crippen molar-refractivity contribution in [1.82, 2.24) is 9.88 Å². The van der Waals surface area contributed by atoms with Crippen molar-refractivity contribution in [3.8, 4) is 5.75 Å². The highest BCUT2D eigenvalue weighted by atomic mass is 35.5. The molecule has 0 aliphatic carbocycles. The van der Waals surface area contributed by atoms with Gasteiger partial charge in [0, 0.05) is 18.4 Å². The van der Waals surface area contributed by atoms with Crippen molar-refractivity contribution >= 4 is 29.3 Å².